The largest absolute Gasteiger partial charge is 0.496 e. The van der Waals surface area contributed by atoms with E-state index in [4.69, 9.17) is 15.2 Å². The van der Waals surface area contributed by atoms with Gasteiger partial charge in [-0.2, -0.15) is 0 Å². The van der Waals surface area contributed by atoms with Crippen molar-refractivity contribution in [3.05, 3.63) is 84.7 Å². The van der Waals surface area contributed by atoms with Crippen LogP contribution in [0.3, 0.4) is 0 Å². The van der Waals surface area contributed by atoms with Gasteiger partial charge in [0.2, 0.25) is 0 Å². The van der Waals surface area contributed by atoms with Gasteiger partial charge in [0.05, 0.1) is 25.5 Å². The molecule has 0 spiro atoms. The predicted molar refractivity (Wildman–Crippen MR) is 129 cm³/mol. The van der Waals surface area contributed by atoms with Gasteiger partial charge in [0.1, 0.15) is 23.6 Å². The van der Waals surface area contributed by atoms with Crippen LogP contribution in [0.15, 0.2) is 79.1 Å². The number of carbonyl (C=O) groups excluding carboxylic acids is 1. The summed E-state index contributed by atoms with van der Waals surface area (Å²) in [5.74, 6) is 1.70. The van der Waals surface area contributed by atoms with Crippen LogP contribution in [0.2, 0.25) is 0 Å². The first-order chi connectivity index (χ1) is 16.1. The zero-order chi connectivity index (χ0) is 23.2. The van der Waals surface area contributed by atoms with Gasteiger partial charge < -0.3 is 25.8 Å². The summed E-state index contributed by atoms with van der Waals surface area (Å²) in [6.45, 7) is 0. The van der Waals surface area contributed by atoms with E-state index in [-0.39, 0.29) is 5.91 Å². The quantitative estimate of drug-likeness (QED) is 0.355. The summed E-state index contributed by atoms with van der Waals surface area (Å²) in [7, 11) is 3.21. The van der Waals surface area contributed by atoms with Gasteiger partial charge in [0.15, 0.2) is 0 Å². The van der Waals surface area contributed by atoms with Crippen molar-refractivity contribution < 1.29 is 14.3 Å². The lowest BCUT2D eigenvalue weighted by atomic mass is 10.1. The summed E-state index contributed by atoms with van der Waals surface area (Å²) in [6.07, 6.45) is 1.48. The van der Waals surface area contributed by atoms with Crippen LogP contribution in [-0.4, -0.2) is 30.1 Å². The van der Waals surface area contributed by atoms with Crippen LogP contribution >= 0.6 is 0 Å². The molecule has 0 atom stereocenters. The van der Waals surface area contributed by atoms with Crippen LogP contribution in [-0.2, 0) is 0 Å². The monoisotopic (exact) mass is 441 g/mol. The van der Waals surface area contributed by atoms with Crippen molar-refractivity contribution in [1.82, 2.24) is 9.97 Å². The Morgan fingerprint density at radius 1 is 0.848 bits per heavy atom. The van der Waals surface area contributed by atoms with Gasteiger partial charge in [-0.15, -0.1) is 0 Å². The van der Waals surface area contributed by atoms with E-state index in [1.54, 1.807) is 38.5 Å². The number of ether oxygens (including phenoxy) is 2. The normalized spacial score (nSPS) is 10.4. The average molecular weight is 441 g/mol. The second kappa shape index (κ2) is 9.69. The molecule has 4 aromatic rings. The molecule has 8 heteroatoms. The number of nitrogens with two attached hydrogens (primary N) is 1. The van der Waals surface area contributed by atoms with Crippen molar-refractivity contribution in [2.24, 2.45) is 0 Å². The van der Waals surface area contributed by atoms with Crippen LogP contribution < -0.4 is 25.8 Å². The van der Waals surface area contributed by atoms with E-state index in [2.05, 4.69) is 20.6 Å². The first kappa shape index (κ1) is 21.6. The molecule has 8 nitrogen and oxygen atoms in total. The Hall–Kier alpha value is -4.59. The molecule has 0 bridgehead atoms. The summed E-state index contributed by atoms with van der Waals surface area (Å²) >= 11 is 0. The minimum atomic E-state index is -0.207. The number of hydrogen-bond donors (Lipinski definition) is 3. The number of methoxy groups -OCH3 is 2. The molecule has 0 aliphatic heterocycles. The number of benzene rings is 3. The number of nitrogens with one attached hydrogen (secondary N) is 2. The maximum Gasteiger partial charge on any atom is 0.255 e. The number of nitrogens with zero attached hydrogens (tertiary/aromatic N) is 2. The summed E-state index contributed by atoms with van der Waals surface area (Å²) in [5.41, 5.74) is 9.69. The van der Waals surface area contributed by atoms with Gasteiger partial charge in [0, 0.05) is 28.7 Å². The predicted octanol–water partition coefficient (Wildman–Crippen LogP) is 4.74. The highest BCUT2D eigenvalue weighted by molar-refractivity contribution is 6.04. The smallest absolute Gasteiger partial charge is 0.255 e. The second-order valence-electron chi connectivity index (χ2n) is 7.10. The molecular formula is C25H23N5O3. The lowest BCUT2D eigenvalue weighted by Crippen LogP contribution is -2.11. The van der Waals surface area contributed by atoms with Crippen LogP contribution in [0.25, 0.3) is 11.3 Å². The van der Waals surface area contributed by atoms with Crippen molar-refractivity contribution in [1.29, 1.82) is 0 Å². The van der Waals surface area contributed by atoms with Crippen LogP contribution in [0, 0.1) is 0 Å². The van der Waals surface area contributed by atoms with E-state index in [1.807, 2.05) is 48.5 Å². The fourth-order valence-electron chi connectivity index (χ4n) is 3.29. The highest BCUT2D eigenvalue weighted by Gasteiger charge is 2.14. The summed E-state index contributed by atoms with van der Waals surface area (Å²) < 4.78 is 11.0. The average Bonchev–Trinajstić information content (AvgIpc) is 2.85. The van der Waals surface area contributed by atoms with Gasteiger partial charge in [-0.1, -0.05) is 6.07 Å². The fraction of sp³-hybridized carbons (Fsp3) is 0.0800. The third-order valence-electron chi connectivity index (χ3n) is 4.94. The van der Waals surface area contributed by atoms with E-state index >= 15 is 0 Å². The third kappa shape index (κ3) is 5.01. The molecule has 0 saturated heterocycles. The molecule has 0 radical (unpaired) electrons. The maximum atomic E-state index is 12.4. The molecule has 3 aromatic carbocycles. The van der Waals surface area contributed by atoms with E-state index in [9.17, 15) is 4.79 Å². The van der Waals surface area contributed by atoms with E-state index in [0.29, 0.717) is 39.9 Å². The summed E-state index contributed by atoms with van der Waals surface area (Å²) in [5, 5.41) is 6.11. The van der Waals surface area contributed by atoms with Gasteiger partial charge in [-0.3, -0.25) is 4.79 Å². The summed E-state index contributed by atoms with van der Waals surface area (Å²) in [6, 6.07) is 21.5. The second-order valence-corrected chi connectivity index (χ2v) is 7.10. The number of nitrogen functional groups attached to an aromatic ring is 1. The molecule has 4 rings (SSSR count). The fourth-order valence-corrected chi connectivity index (χ4v) is 3.29. The molecule has 0 aliphatic rings. The Morgan fingerprint density at radius 2 is 1.48 bits per heavy atom. The zero-order valence-corrected chi connectivity index (χ0v) is 18.2. The van der Waals surface area contributed by atoms with Crippen molar-refractivity contribution in [3.8, 4) is 22.8 Å². The molecule has 166 valence electrons. The Balaban J connectivity index is 1.49. The van der Waals surface area contributed by atoms with Gasteiger partial charge >= 0.3 is 0 Å². The van der Waals surface area contributed by atoms with E-state index < -0.39 is 0 Å². The van der Waals surface area contributed by atoms with Crippen LogP contribution in [0.5, 0.6) is 11.5 Å². The molecule has 1 amide bonds. The number of hydrogen-bond acceptors (Lipinski definition) is 7. The van der Waals surface area contributed by atoms with Gasteiger partial charge in [-0.25, -0.2) is 9.97 Å². The SMILES string of the molecule is COc1cccc(OC)c1-c1cc(Nc2ccc(NC(=O)c3ccc(N)cc3)cc2)ncn1. The highest BCUT2D eigenvalue weighted by Crippen LogP contribution is 2.37. The number of anilines is 4. The summed E-state index contributed by atoms with van der Waals surface area (Å²) in [4.78, 5) is 21.1. The van der Waals surface area contributed by atoms with Crippen molar-refractivity contribution in [2.75, 3.05) is 30.6 Å². The number of aromatic nitrogens is 2. The molecule has 1 aromatic heterocycles. The van der Waals surface area contributed by atoms with E-state index in [1.165, 1.54) is 6.33 Å². The molecule has 4 N–H and O–H groups in total. The minimum Gasteiger partial charge on any atom is -0.496 e. The van der Waals surface area contributed by atoms with Crippen LogP contribution in [0.4, 0.5) is 22.9 Å². The lowest BCUT2D eigenvalue weighted by Gasteiger charge is -2.13. The minimum absolute atomic E-state index is 0.207. The molecule has 0 unspecified atom stereocenters. The lowest BCUT2D eigenvalue weighted by molar-refractivity contribution is 0.102. The first-order valence-corrected chi connectivity index (χ1v) is 10.1. The molecular weight excluding hydrogens is 418 g/mol. The third-order valence-corrected chi connectivity index (χ3v) is 4.94. The van der Waals surface area contributed by atoms with Crippen molar-refractivity contribution in [3.63, 3.8) is 0 Å². The van der Waals surface area contributed by atoms with Crippen molar-refractivity contribution >= 4 is 28.8 Å². The Labute approximate surface area is 191 Å². The Bertz CT molecular complexity index is 1240. The zero-order valence-electron chi connectivity index (χ0n) is 18.2. The Morgan fingerprint density at radius 3 is 2.12 bits per heavy atom. The highest BCUT2D eigenvalue weighted by atomic mass is 16.5. The maximum absolute atomic E-state index is 12.4. The van der Waals surface area contributed by atoms with Gasteiger partial charge in [-0.05, 0) is 60.7 Å². The van der Waals surface area contributed by atoms with Gasteiger partial charge in [0.25, 0.3) is 5.91 Å². The standard InChI is InChI=1S/C25H23N5O3/c1-32-21-4-3-5-22(33-2)24(21)20-14-23(28-15-27-20)29-18-10-12-19(13-11-18)30-25(31)16-6-8-17(26)9-7-16/h3-15H,26H2,1-2H3,(H,30,31)(H,27,28,29). The number of carbonyl (C=O) groups is 1. The van der Waals surface area contributed by atoms with E-state index in [0.717, 1.165) is 11.3 Å². The Kier molecular flexibility index (Phi) is 6.36. The molecule has 0 aliphatic carbocycles. The van der Waals surface area contributed by atoms with Crippen LogP contribution in [0.1, 0.15) is 10.4 Å². The molecule has 33 heavy (non-hydrogen) atoms. The topological polar surface area (TPSA) is 111 Å². The first-order valence-electron chi connectivity index (χ1n) is 10.1. The number of amides is 1. The number of rotatable bonds is 7. The molecule has 1 heterocycles. The molecule has 0 fully saturated rings. The molecule has 0 saturated carbocycles. The van der Waals surface area contributed by atoms with Crippen molar-refractivity contribution in [2.45, 2.75) is 0 Å².